The Hall–Kier alpha value is -6.50. The lowest BCUT2D eigenvalue weighted by Crippen LogP contribution is -1.86. The van der Waals surface area contributed by atoms with Crippen LogP contribution in [0, 0.1) is 0 Å². The predicted octanol–water partition coefficient (Wildman–Crippen LogP) is 14.1. The summed E-state index contributed by atoms with van der Waals surface area (Å²) in [6, 6.07) is 67.4. The van der Waals surface area contributed by atoms with Gasteiger partial charge in [-0.05, 0) is 134 Å². The molecule has 10 aromatic rings. The summed E-state index contributed by atoms with van der Waals surface area (Å²) in [6.45, 7) is 0. The highest BCUT2D eigenvalue weighted by atomic mass is 14.3. The quantitative estimate of drug-likeness (QED) is 0.170. The number of hydrogen-bond acceptors (Lipinski definition) is 0. The molecule has 1 aliphatic carbocycles. The molecule has 10 aromatic carbocycles. The summed E-state index contributed by atoms with van der Waals surface area (Å²) in [5, 5.41) is 13.0. The Morgan fingerprint density at radius 1 is 0.220 bits per heavy atom. The Morgan fingerprint density at radius 2 is 0.640 bits per heavy atom. The monoisotopic (exact) mass is 630 g/mol. The summed E-state index contributed by atoms with van der Waals surface area (Å²) >= 11 is 0. The lowest BCUT2D eigenvalue weighted by atomic mass is 9.90. The molecule has 0 saturated heterocycles. The molecule has 0 saturated carbocycles. The second-order valence-corrected chi connectivity index (χ2v) is 13.6. The predicted molar refractivity (Wildman–Crippen MR) is 215 cm³/mol. The van der Waals surface area contributed by atoms with Crippen LogP contribution in [-0.2, 0) is 0 Å². The van der Waals surface area contributed by atoms with Crippen molar-refractivity contribution in [2.24, 2.45) is 0 Å². The van der Waals surface area contributed by atoms with Gasteiger partial charge in [0.2, 0.25) is 0 Å². The highest BCUT2D eigenvalue weighted by Crippen LogP contribution is 2.54. The van der Waals surface area contributed by atoms with Crippen LogP contribution in [0.4, 0.5) is 0 Å². The van der Waals surface area contributed by atoms with E-state index in [1.807, 2.05) is 0 Å². The van der Waals surface area contributed by atoms with E-state index in [1.54, 1.807) is 0 Å². The van der Waals surface area contributed by atoms with E-state index >= 15 is 0 Å². The number of fused-ring (bicyclic) bond motifs is 10. The molecule has 0 bridgehead atoms. The summed E-state index contributed by atoms with van der Waals surface area (Å²) in [6.07, 6.45) is 0. The van der Waals surface area contributed by atoms with Gasteiger partial charge in [0.1, 0.15) is 0 Å². The zero-order valence-electron chi connectivity index (χ0n) is 27.3. The molecule has 0 aliphatic heterocycles. The molecule has 0 nitrogen and oxygen atoms in total. The van der Waals surface area contributed by atoms with Crippen LogP contribution < -0.4 is 0 Å². The van der Waals surface area contributed by atoms with Crippen molar-refractivity contribution in [3.05, 3.63) is 182 Å². The van der Waals surface area contributed by atoms with Crippen molar-refractivity contribution in [3.8, 4) is 55.6 Å². The Balaban J connectivity index is 1.00. The third kappa shape index (κ3) is 4.00. The van der Waals surface area contributed by atoms with Gasteiger partial charge in [0, 0.05) is 0 Å². The Labute approximate surface area is 290 Å². The van der Waals surface area contributed by atoms with Crippen LogP contribution in [0.25, 0.3) is 109 Å². The molecule has 0 spiro atoms. The van der Waals surface area contributed by atoms with Gasteiger partial charge in [0.25, 0.3) is 0 Å². The maximum atomic E-state index is 2.37. The molecule has 0 amide bonds. The van der Waals surface area contributed by atoms with Gasteiger partial charge in [0.05, 0.1) is 0 Å². The molecule has 0 fully saturated rings. The smallest absolute Gasteiger partial charge is 0.00137 e. The lowest BCUT2D eigenvalue weighted by Gasteiger charge is -2.13. The molecule has 0 radical (unpaired) electrons. The molecule has 0 unspecified atom stereocenters. The van der Waals surface area contributed by atoms with Gasteiger partial charge in [-0.15, -0.1) is 0 Å². The first-order valence-electron chi connectivity index (χ1n) is 17.4. The topological polar surface area (TPSA) is 0 Å². The van der Waals surface area contributed by atoms with Crippen molar-refractivity contribution < 1.29 is 0 Å². The van der Waals surface area contributed by atoms with Crippen molar-refractivity contribution in [2.75, 3.05) is 0 Å². The highest BCUT2D eigenvalue weighted by molar-refractivity contribution is 6.31. The van der Waals surface area contributed by atoms with Gasteiger partial charge in [-0.25, -0.2) is 0 Å². The number of rotatable bonds is 3. The van der Waals surface area contributed by atoms with E-state index in [2.05, 4.69) is 182 Å². The van der Waals surface area contributed by atoms with Gasteiger partial charge >= 0.3 is 0 Å². The van der Waals surface area contributed by atoms with Gasteiger partial charge < -0.3 is 0 Å². The largest absolute Gasteiger partial charge is 0.0622 e. The van der Waals surface area contributed by atoms with Crippen molar-refractivity contribution in [1.82, 2.24) is 0 Å². The molecule has 1 aliphatic rings. The van der Waals surface area contributed by atoms with Gasteiger partial charge in [0.15, 0.2) is 0 Å². The van der Waals surface area contributed by atoms with Crippen LogP contribution in [0.2, 0.25) is 0 Å². The SMILES string of the molecule is c1ccc(-c2ccc3cc(-c4ccc5cc(-c6ccc7c8c(cccc68)-c6c-7c7ccccc7c7ccccc67)ccc5c4)ccc3c2)cc1. The first-order chi connectivity index (χ1) is 24.8. The van der Waals surface area contributed by atoms with Crippen LogP contribution in [0.5, 0.6) is 0 Å². The average Bonchev–Trinajstić information content (AvgIpc) is 3.53. The maximum absolute atomic E-state index is 2.37. The van der Waals surface area contributed by atoms with Crippen LogP contribution in [0.15, 0.2) is 182 Å². The molecule has 230 valence electrons. The summed E-state index contributed by atoms with van der Waals surface area (Å²) in [5.41, 5.74) is 12.9. The third-order valence-electron chi connectivity index (χ3n) is 10.9. The van der Waals surface area contributed by atoms with E-state index in [0.29, 0.717) is 0 Å². The molecular formula is C50H30. The fourth-order valence-electron chi connectivity index (χ4n) is 8.60. The first-order valence-corrected chi connectivity index (χ1v) is 17.4. The van der Waals surface area contributed by atoms with E-state index in [-0.39, 0.29) is 0 Å². The highest BCUT2D eigenvalue weighted by Gasteiger charge is 2.27. The van der Waals surface area contributed by atoms with E-state index < -0.39 is 0 Å². The summed E-state index contributed by atoms with van der Waals surface area (Å²) in [4.78, 5) is 0. The van der Waals surface area contributed by atoms with Gasteiger partial charge in [-0.2, -0.15) is 0 Å². The number of benzene rings is 10. The van der Waals surface area contributed by atoms with Crippen LogP contribution in [-0.4, -0.2) is 0 Å². The van der Waals surface area contributed by atoms with Crippen molar-refractivity contribution in [3.63, 3.8) is 0 Å². The molecule has 0 atom stereocenters. The Morgan fingerprint density at radius 3 is 1.22 bits per heavy atom. The van der Waals surface area contributed by atoms with Crippen molar-refractivity contribution >= 4 is 53.9 Å². The average molecular weight is 631 g/mol. The molecule has 0 heteroatoms. The third-order valence-corrected chi connectivity index (χ3v) is 10.9. The molecule has 50 heavy (non-hydrogen) atoms. The van der Waals surface area contributed by atoms with E-state index in [4.69, 9.17) is 0 Å². The van der Waals surface area contributed by atoms with Crippen molar-refractivity contribution in [1.29, 1.82) is 0 Å². The second kappa shape index (κ2) is 10.5. The minimum Gasteiger partial charge on any atom is -0.0622 e. The Bertz CT molecular complexity index is 2950. The maximum Gasteiger partial charge on any atom is -0.00137 e. The summed E-state index contributed by atoms with van der Waals surface area (Å²) in [7, 11) is 0. The van der Waals surface area contributed by atoms with Crippen LogP contribution in [0.3, 0.4) is 0 Å². The minimum absolute atomic E-state index is 1.24. The minimum atomic E-state index is 1.24. The van der Waals surface area contributed by atoms with Crippen molar-refractivity contribution in [2.45, 2.75) is 0 Å². The molecule has 0 N–H and O–H groups in total. The molecule has 11 rings (SSSR count). The summed E-state index contributed by atoms with van der Waals surface area (Å²) < 4.78 is 0. The zero-order valence-corrected chi connectivity index (χ0v) is 27.3. The van der Waals surface area contributed by atoms with Gasteiger partial charge in [-0.3, -0.25) is 0 Å². The van der Waals surface area contributed by atoms with Gasteiger partial charge in [-0.1, -0.05) is 158 Å². The van der Waals surface area contributed by atoms with E-state index in [1.165, 1.54) is 109 Å². The standard InChI is InChI=1S/C50H30/c1-2-9-31(10-3-1)32-17-18-34-28-35(20-19-33(34)27-32)36-21-22-38-30-39(24-23-37(38)29-36)40-25-26-47-48-43(40)15-8-16-46(48)49-44-13-6-4-11-41(44)42-12-5-7-14-45(42)50(47)49/h1-30H. The fraction of sp³-hybridized carbons (Fsp3) is 0. The van der Waals surface area contributed by atoms with Crippen LogP contribution in [0.1, 0.15) is 0 Å². The number of hydrogen-bond donors (Lipinski definition) is 0. The first kappa shape index (κ1) is 27.5. The fourth-order valence-corrected chi connectivity index (χ4v) is 8.60. The molecule has 0 heterocycles. The normalized spacial score (nSPS) is 12.0. The van der Waals surface area contributed by atoms with E-state index in [0.717, 1.165) is 0 Å². The Kier molecular flexibility index (Phi) is 5.76. The zero-order chi connectivity index (χ0) is 32.8. The molecular weight excluding hydrogens is 601 g/mol. The summed E-state index contributed by atoms with van der Waals surface area (Å²) in [5.74, 6) is 0. The second-order valence-electron chi connectivity index (χ2n) is 13.6. The van der Waals surface area contributed by atoms with E-state index in [9.17, 15) is 0 Å². The molecule has 0 aromatic heterocycles. The van der Waals surface area contributed by atoms with Crippen LogP contribution >= 0.6 is 0 Å². The lowest BCUT2D eigenvalue weighted by molar-refractivity contribution is 1.63.